The first kappa shape index (κ1) is 18.0. The summed E-state index contributed by atoms with van der Waals surface area (Å²) in [5, 5.41) is 23.4. The highest BCUT2D eigenvalue weighted by atomic mass is 19.4. The molecule has 0 bridgehead atoms. The summed E-state index contributed by atoms with van der Waals surface area (Å²) in [6, 6.07) is -0.700. The molecule has 0 radical (unpaired) electrons. The van der Waals surface area contributed by atoms with Crippen molar-refractivity contribution in [3.8, 4) is 0 Å². The Bertz CT molecular complexity index is 638. The van der Waals surface area contributed by atoms with Gasteiger partial charge in [0.1, 0.15) is 5.84 Å². The number of aliphatic hydroxyl groups excluding tert-OH is 2. The third kappa shape index (κ3) is 4.15. The Morgan fingerprint density at radius 2 is 2.17 bits per heavy atom. The molecular weight excluding hydrogens is 329 g/mol. The van der Waals surface area contributed by atoms with E-state index in [0.717, 1.165) is 12.2 Å². The number of carbonyl (C=O) groups is 1. The van der Waals surface area contributed by atoms with Crippen molar-refractivity contribution in [2.24, 2.45) is 16.6 Å². The first-order chi connectivity index (χ1) is 11.2. The molecule has 2 rings (SSSR count). The summed E-state index contributed by atoms with van der Waals surface area (Å²) < 4.78 is 37.6. The fraction of sp³-hybridized carbons (Fsp3) is 0.429. The monoisotopic (exact) mass is 346 g/mol. The lowest BCUT2D eigenvalue weighted by atomic mass is 9.96. The average molecular weight is 346 g/mol. The predicted octanol–water partition coefficient (Wildman–Crippen LogP) is 0.286. The van der Waals surface area contributed by atoms with Gasteiger partial charge in [-0.25, -0.2) is 4.79 Å². The van der Waals surface area contributed by atoms with Gasteiger partial charge in [0.2, 0.25) is 0 Å². The number of hydrogen-bond donors (Lipinski definition) is 5. The lowest BCUT2D eigenvalue weighted by molar-refractivity contribution is -0.0887. The number of aliphatic hydroxyl groups is 2. The minimum Gasteiger partial charge on any atom is -0.400 e. The number of nitrogens with one attached hydrogen (secondary N) is 2. The number of alkyl halides is 3. The lowest BCUT2D eigenvalue weighted by Crippen LogP contribution is -2.55. The van der Waals surface area contributed by atoms with Crippen molar-refractivity contribution in [3.63, 3.8) is 0 Å². The van der Waals surface area contributed by atoms with E-state index in [4.69, 9.17) is 10.8 Å². The fourth-order valence-electron chi connectivity index (χ4n) is 2.29. The number of urea groups is 1. The van der Waals surface area contributed by atoms with Crippen LogP contribution < -0.4 is 16.4 Å². The van der Waals surface area contributed by atoms with E-state index in [1.165, 1.54) is 6.08 Å². The number of nitrogens with two attached hydrogens (primary N) is 1. The van der Waals surface area contributed by atoms with E-state index in [-0.39, 0.29) is 36.0 Å². The van der Waals surface area contributed by atoms with Gasteiger partial charge in [0, 0.05) is 18.2 Å². The normalized spacial score (nSPS) is 28.3. The molecule has 0 aromatic rings. The van der Waals surface area contributed by atoms with Gasteiger partial charge in [-0.15, -0.1) is 0 Å². The van der Waals surface area contributed by atoms with Crippen molar-refractivity contribution in [2.75, 3.05) is 13.2 Å². The molecule has 1 aliphatic carbocycles. The van der Waals surface area contributed by atoms with Gasteiger partial charge >= 0.3 is 12.2 Å². The van der Waals surface area contributed by atoms with Crippen LogP contribution in [0, 0.1) is 5.92 Å². The second kappa shape index (κ2) is 7.05. The average Bonchev–Trinajstić information content (AvgIpc) is 2.51. The van der Waals surface area contributed by atoms with Crippen molar-refractivity contribution >= 4 is 11.9 Å². The van der Waals surface area contributed by atoms with Gasteiger partial charge < -0.3 is 21.3 Å². The molecule has 0 aromatic heterocycles. The summed E-state index contributed by atoms with van der Waals surface area (Å²) in [5.41, 5.74) is 4.85. The molecule has 6 N–H and O–H groups in total. The minimum absolute atomic E-state index is 0.0169. The number of halogens is 3. The standard InChI is InChI=1S/C14H17F3N4O3/c15-14(16,17)8-3-1-7(2-4-8)5-19-11-10(9(18)6-22)12(23)21-13(24)20-11/h1,3-4,7,12,22-23H,2,5-6,18H2,(H2,19,20,21,24). The van der Waals surface area contributed by atoms with Crippen LogP contribution in [0.1, 0.15) is 6.42 Å². The third-order valence-electron chi connectivity index (χ3n) is 3.54. The van der Waals surface area contributed by atoms with Crippen LogP contribution in [0.15, 0.2) is 40.1 Å². The number of allylic oxidation sites excluding steroid dienone is 3. The summed E-state index contributed by atoms with van der Waals surface area (Å²) in [7, 11) is 0. The molecule has 132 valence electrons. The summed E-state index contributed by atoms with van der Waals surface area (Å²) >= 11 is 0. The number of aliphatic imine (C=N–C) groups is 1. The molecule has 0 saturated carbocycles. The maximum atomic E-state index is 12.5. The van der Waals surface area contributed by atoms with E-state index in [1.54, 1.807) is 0 Å². The first-order valence-electron chi connectivity index (χ1n) is 7.07. The number of rotatable bonds is 3. The summed E-state index contributed by atoms with van der Waals surface area (Å²) in [6.07, 6.45) is -2.20. The van der Waals surface area contributed by atoms with Gasteiger partial charge in [0.15, 0.2) is 6.23 Å². The number of hydrogen-bond acceptors (Lipinski definition) is 5. The van der Waals surface area contributed by atoms with Crippen LogP contribution in [0.4, 0.5) is 18.0 Å². The number of nitrogens with zero attached hydrogens (tertiary/aromatic N) is 1. The summed E-state index contributed by atoms with van der Waals surface area (Å²) in [5.74, 6) is -0.305. The Hall–Kier alpha value is -2.33. The van der Waals surface area contributed by atoms with Crippen molar-refractivity contribution in [1.29, 1.82) is 0 Å². The Labute approximate surface area is 135 Å². The molecule has 1 aliphatic heterocycles. The topological polar surface area (TPSA) is 120 Å². The highest BCUT2D eigenvalue weighted by Gasteiger charge is 2.33. The predicted molar refractivity (Wildman–Crippen MR) is 79.7 cm³/mol. The molecule has 24 heavy (non-hydrogen) atoms. The molecule has 2 atom stereocenters. The molecule has 0 aromatic carbocycles. The van der Waals surface area contributed by atoms with Crippen molar-refractivity contribution < 1.29 is 28.2 Å². The molecule has 2 unspecified atom stereocenters. The molecule has 1 heterocycles. The zero-order valence-corrected chi connectivity index (χ0v) is 12.5. The van der Waals surface area contributed by atoms with Crippen LogP contribution in [0.3, 0.4) is 0 Å². The van der Waals surface area contributed by atoms with E-state index in [0.29, 0.717) is 0 Å². The number of carbonyl (C=O) groups excluding carboxylic acids is 1. The molecule has 10 heteroatoms. The third-order valence-corrected chi connectivity index (χ3v) is 3.54. The van der Waals surface area contributed by atoms with Crippen LogP contribution in [0.2, 0.25) is 0 Å². The molecule has 7 nitrogen and oxygen atoms in total. The number of amides is 2. The maximum Gasteiger partial charge on any atom is 0.416 e. The zero-order valence-electron chi connectivity index (χ0n) is 12.5. The molecular formula is C14H17F3N4O3. The second-order valence-corrected chi connectivity index (χ2v) is 5.30. The van der Waals surface area contributed by atoms with E-state index >= 15 is 0 Å². The smallest absolute Gasteiger partial charge is 0.400 e. The second-order valence-electron chi connectivity index (χ2n) is 5.30. The zero-order chi connectivity index (χ0) is 17.9. The quantitative estimate of drug-likeness (QED) is 0.504. The van der Waals surface area contributed by atoms with E-state index in [1.807, 2.05) is 0 Å². The fourth-order valence-corrected chi connectivity index (χ4v) is 2.29. The van der Waals surface area contributed by atoms with Crippen molar-refractivity contribution in [2.45, 2.75) is 18.8 Å². The van der Waals surface area contributed by atoms with Crippen molar-refractivity contribution in [3.05, 3.63) is 35.1 Å². The molecule has 1 fully saturated rings. The van der Waals surface area contributed by atoms with E-state index in [9.17, 15) is 23.1 Å². The maximum absolute atomic E-state index is 12.5. The first-order valence-corrected chi connectivity index (χ1v) is 7.07. The Morgan fingerprint density at radius 1 is 1.46 bits per heavy atom. The Morgan fingerprint density at radius 3 is 2.71 bits per heavy atom. The van der Waals surface area contributed by atoms with E-state index < -0.39 is 30.6 Å². The summed E-state index contributed by atoms with van der Waals surface area (Å²) in [4.78, 5) is 15.5. The van der Waals surface area contributed by atoms with Crippen LogP contribution in [-0.4, -0.2) is 47.6 Å². The Kier molecular flexibility index (Phi) is 5.30. The van der Waals surface area contributed by atoms with Gasteiger partial charge in [0.25, 0.3) is 0 Å². The van der Waals surface area contributed by atoms with Gasteiger partial charge in [-0.05, 0) is 6.42 Å². The molecule has 0 spiro atoms. The largest absolute Gasteiger partial charge is 0.416 e. The van der Waals surface area contributed by atoms with E-state index in [2.05, 4.69) is 15.6 Å². The van der Waals surface area contributed by atoms with Gasteiger partial charge in [-0.2, -0.15) is 13.2 Å². The van der Waals surface area contributed by atoms with Crippen LogP contribution in [-0.2, 0) is 0 Å². The summed E-state index contributed by atoms with van der Waals surface area (Å²) in [6.45, 7) is -0.466. The van der Waals surface area contributed by atoms with Gasteiger partial charge in [0.05, 0.1) is 17.8 Å². The highest BCUT2D eigenvalue weighted by molar-refractivity contribution is 6.10. The van der Waals surface area contributed by atoms with Crippen LogP contribution >= 0.6 is 0 Å². The Balaban J connectivity index is 2.12. The van der Waals surface area contributed by atoms with Crippen molar-refractivity contribution in [1.82, 2.24) is 10.6 Å². The van der Waals surface area contributed by atoms with Gasteiger partial charge in [-0.1, -0.05) is 18.2 Å². The highest BCUT2D eigenvalue weighted by Crippen LogP contribution is 2.30. The SMILES string of the molecule is NC(CO)=C1C(=NCC2C=CC(C(F)(F)F)=CC2)NC(=O)NC1O. The van der Waals surface area contributed by atoms with Gasteiger partial charge in [-0.3, -0.25) is 10.3 Å². The molecule has 1 saturated heterocycles. The van der Waals surface area contributed by atoms with Crippen LogP contribution in [0.5, 0.6) is 0 Å². The van der Waals surface area contributed by atoms with Crippen LogP contribution in [0.25, 0.3) is 0 Å². The minimum atomic E-state index is -4.38. The number of amidine groups is 1. The molecule has 2 aliphatic rings. The molecule has 2 amide bonds. The lowest BCUT2D eigenvalue weighted by Gasteiger charge is -2.26.